The quantitative estimate of drug-likeness (QED) is 0.639. The molecule has 0 aliphatic carbocycles. The van der Waals surface area contributed by atoms with E-state index in [2.05, 4.69) is 4.98 Å². The molecular weight excluding hydrogens is 282 g/mol. The highest BCUT2D eigenvalue weighted by atomic mass is 16.5. The molecule has 122 valence electrons. The Balaban J connectivity index is 2.31. The fourth-order valence-corrected chi connectivity index (χ4v) is 2.94. The second kappa shape index (κ2) is 6.27. The first-order chi connectivity index (χ1) is 12.5. The largest absolute Gasteiger partial charge is 0.496 e. The number of fused-ring (bicyclic) bond motifs is 3. The van der Waals surface area contributed by atoms with E-state index in [9.17, 15) is 0 Å². The van der Waals surface area contributed by atoms with Crippen LogP contribution in [0.15, 0.2) is 30.3 Å². The highest BCUT2D eigenvalue weighted by Crippen LogP contribution is 2.33. The summed E-state index contributed by atoms with van der Waals surface area (Å²) in [5.74, 6) is 0.163. The highest BCUT2D eigenvalue weighted by molar-refractivity contribution is 6.08. The molecule has 0 amide bonds. The van der Waals surface area contributed by atoms with Gasteiger partial charge < -0.3 is 9.72 Å². The predicted molar refractivity (Wildman–Crippen MR) is 99.4 cm³/mol. The minimum Gasteiger partial charge on any atom is -0.496 e. The highest BCUT2D eigenvalue weighted by Gasteiger charge is 2.12. The molecule has 1 N–H and O–H groups in total. The normalized spacial score (nSPS) is 15.8. The van der Waals surface area contributed by atoms with E-state index in [1.807, 2.05) is 58.0 Å². The summed E-state index contributed by atoms with van der Waals surface area (Å²) in [6, 6.07) is 9.29. The molecule has 0 unspecified atom stereocenters. The van der Waals surface area contributed by atoms with Gasteiger partial charge in [-0.3, -0.25) is 0 Å². The first kappa shape index (κ1) is 11.6. The van der Waals surface area contributed by atoms with Gasteiger partial charge in [0.2, 0.25) is 0 Å². The number of rotatable bonds is 5. The van der Waals surface area contributed by atoms with Crippen molar-refractivity contribution in [3.8, 4) is 5.75 Å². The molecule has 0 saturated heterocycles. The molecule has 0 aliphatic rings. The van der Waals surface area contributed by atoms with E-state index in [4.69, 9.17) is 10.2 Å². The van der Waals surface area contributed by atoms with E-state index >= 15 is 0 Å². The smallest absolute Gasteiger partial charge is 0.124 e. The molecule has 0 saturated carbocycles. The van der Waals surface area contributed by atoms with Crippen LogP contribution >= 0.6 is 0 Å². The van der Waals surface area contributed by atoms with Crippen LogP contribution < -0.4 is 4.74 Å². The molecule has 3 rings (SSSR count). The van der Waals surface area contributed by atoms with Crippen molar-refractivity contribution in [2.45, 2.75) is 40.4 Å². The van der Waals surface area contributed by atoms with Crippen LogP contribution in [-0.4, -0.2) is 12.1 Å². The fourth-order valence-electron chi connectivity index (χ4n) is 2.94. The maximum absolute atomic E-state index is 8.52. The fraction of sp³-hybridized carbons (Fsp3) is 0.429. The Hall–Kier alpha value is -1.96. The molecule has 23 heavy (non-hydrogen) atoms. The SMILES string of the molecule is [2H]C([2H])(c1ccc2[nH]c3cc(OC)c(C([2H])([2H])C(C)C)cc3c2c1)C(C)C. The number of nitrogens with one attached hydrogen (secondary N) is 1. The number of methoxy groups -OCH3 is 1. The third-order valence-electron chi connectivity index (χ3n) is 3.82. The third kappa shape index (κ3) is 3.21. The van der Waals surface area contributed by atoms with Crippen LogP contribution in [0.3, 0.4) is 0 Å². The van der Waals surface area contributed by atoms with E-state index in [0.717, 1.165) is 21.8 Å². The number of H-pyrrole nitrogens is 1. The van der Waals surface area contributed by atoms with E-state index in [1.54, 1.807) is 7.11 Å². The Labute approximate surface area is 144 Å². The Morgan fingerprint density at radius 3 is 2.30 bits per heavy atom. The molecule has 0 aliphatic heterocycles. The summed E-state index contributed by atoms with van der Waals surface area (Å²) >= 11 is 0. The average Bonchev–Trinajstić information content (AvgIpc) is 2.96. The number of benzene rings is 2. The van der Waals surface area contributed by atoms with Crippen LogP contribution in [0.1, 0.15) is 44.3 Å². The first-order valence-corrected chi connectivity index (χ1v) is 8.14. The van der Waals surface area contributed by atoms with Crippen molar-refractivity contribution in [1.82, 2.24) is 4.98 Å². The van der Waals surface area contributed by atoms with Crippen molar-refractivity contribution >= 4 is 21.8 Å². The van der Waals surface area contributed by atoms with Gasteiger partial charge in [0.25, 0.3) is 0 Å². The summed E-state index contributed by atoms with van der Waals surface area (Å²) in [4.78, 5) is 3.34. The van der Waals surface area contributed by atoms with Gasteiger partial charge in [0.15, 0.2) is 0 Å². The van der Waals surface area contributed by atoms with Crippen molar-refractivity contribution in [2.24, 2.45) is 11.8 Å². The molecule has 3 aromatic rings. The molecule has 2 heteroatoms. The first-order valence-electron chi connectivity index (χ1n) is 10.1. The monoisotopic (exact) mass is 313 g/mol. The second-order valence-corrected chi connectivity index (χ2v) is 6.58. The van der Waals surface area contributed by atoms with E-state index < -0.39 is 12.7 Å². The summed E-state index contributed by atoms with van der Waals surface area (Å²) < 4.78 is 39.3. The van der Waals surface area contributed by atoms with E-state index in [1.165, 1.54) is 0 Å². The van der Waals surface area contributed by atoms with E-state index in [0.29, 0.717) is 16.9 Å². The van der Waals surface area contributed by atoms with Crippen LogP contribution in [0.25, 0.3) is 21.8 Å². The molecule has 0 fully saturated rings. The van der Waals surface area contributed by atoms with Crippen LogP contribution in [0.2, 0.25) is 0 Å². The van der Waals surface area contributed by atoms with Crippen molar-refractivity contribution in [1.29, 1.82) is 0 Å². The summed E-state index contributed by atoms with van der Waals surface area (Å²) in [6.45, 7) is 7.46. The van der Waals surface area contributed by atoms with Gasteiger partial charge in [-0.1, -0.05) is 33.8 Å². The lowest BCUT2D eigenvalue weighted by atomic mass is 9.98. The summed E-state index contributed by atoms with van der Waals surface area (Å²) in [5.41, 5.74) is 2.91. The van der Waals surface area contributed by atoms with Gasteiger partial charge in [-0.15, -0.1) is 0 Å². The van der Waals surface area contributed by atoms with Gasteiger partial charge in [-0.05, 0) is 53.9 Å². The van der Waals surface area contributed by atoms with Gasteiger partial charge in [0.05, 0.1) is 12.6 Å². The molecule has 2 nitrogen and oxygen atoms in total. The lowest BCUT2D eigenvalue weighted by Gasteiger charge is -2.11. The zero-order valence-electron chi connectivity index (χ0n) is 18.4. The minimum absolute atomic E-state index is 0.147. The molecule has 1 aromatic heterocycles. The minimum atomic E-state index is -1.53. The van der Waals surface area contributed by atoms with E-state index in [-0.39, 0.29) is 11.8 Å². The second-order valence-electron chi connectivity index (χ2n) is 6.58. The number of hydrogen-bond acceptors (Lipinski definition) is 1. The van der Waals surface area contributed by atoms with Gasteiger partial charge in [-0.25, -0.2) is 0 Å². The molecule has 2 aromatic carbocycles. The molecule has 0 atom stereocenters. The Morgan fingerprint density at radius 1 is 0.957 bits per heavy atom. The zero-order chi connectivity index (χ0) is 20.1. The Kier molecular flexibility index (Phi) is 3.15. The number of aromatic nitrogens is 1. The maximum atomic E-state index is 8.52. The van der Waals surface area contributed by atoms with Crippen molar-refractivity contribution in [3.63, 3.8) is 0 Å². The van der Waals surface area contributed by atoms with Gasteiger partial charge in [0, 0.05) is 27.8 Å². The number of hydrogen-bond donors (Lipinski definition) is 1. The van der Waals surface area contributed by atoms with Crippen molar-refractivity contribution < 1.29 is 10.2 Å². The van der Waals surface area contributed by atoms with Crippen LogP contribution in [0, 0.1) is 11.8 Å². The molecular formula is C21H27NO. The van der Waals surface area contributed by atoms with Crippen LogP contribution in [-0.2, 0) is 12.7 Å². The van der Waals surface area contributed by atoms with Gasteiger partial charge in [-0.2, -0.15) is 0 Å². The van der Waals surface area contributed by atoms with Crippen LogP contribution in [0.4, 0.5) is 0 Å². The standard InChI is InChI=1S/C21H27NO/c1-13(2)8-15-6-7-19-17(10-15)18-11-16(9-14(3)4)21(23-5)12-20(18)22-19/h6-7,10-14,22H,8-9H2,1-5H3/i8D2,9D2. The molecule has 0 bridgehead atoms. The lowest BCUT2D eigenvalue weighted by Crippen LogP contribution is -1.97. The zero-order valence-corrected chi connectivity index (χ0v) is 14.4. The number of aromatic amines is 1. The van der Waals surface area contributed by atoms with Crippen molar-refractivity contribution in [3.05, 3.63) is 41.5 Å². The Bertz CT molecular complexity index is 989. The molecule has 0 spiro atoms. The van der Waals surface area contributed by atoms with Gasteiger partial charge >= 0.3 is 0 Å². The number of ether oxygens (including phenoxy) is 1. The summed E-state index contributed by atoms with van der Waals surface area (Å²) in [7, 11) is 1.55. The summed E-state index contributed by atoms with van der Waals surface area (Å²) in [6.07, 6.45) is -2.97. The third-order valence-corrected chi connectivity index (χ3v) is 3.82. The predicted octanol–water partition coefficient (Wildman–Crippen LogP) is 5.73. The topological polar surface area (TPSA) is 25.0 Å². The molecule has 0 radical (unpaired) electrons. The van der Waals surface area contributed by atoms with Crippen LogP contribution in [0.5, 0.6) is 5.75 Å². The maximum Gasteiger partial charge on any atom is 0.124 e. The van der Waals surface area contributed by atoms with Crippen molar-refractivity contribution in [2.75, 3.05) is 7.11 Å². The summed E-state index contributed by atoms with van der Waals surface area (Å²) in [5, 5.41) is 1.78. The molecule has 1 heterocycles. The lowest BCUT2D eigenvalue weighted by molar-refractivity contribution is 0.407. The van der Waals surface area contributed by atoms with Gasteiger partial charge in [0.1, 0.15) is 5.75 Å². The Morgan fingerprint density at radius 2 is 1.65 bits per heavy atom. The average molecular weight is 313 g/mol.